The molecule has 0 bridgehead atoms. The van der Waals surface area contributed by atoms with Gasteiger partial charge in [0.2, 0.25) is 5.88 Å². The number of hydrogen-bond donors (Lipinski definition) is 1. The Hall–Kier alpha value is -1.24. The summed E-state index contributed by atoms with van der Waals surface area (Å²) in [6.07, 6.45) is 0. The molecular weight excluding hydrogens is 422 g/mol. The summed E-state index contributed by atoms with van der Waals surface area (Å²) < 4.78 is 6.13. The van der Waals surface area contributed by atoms with Crippen LogP contribution in [0.2, 0.25) is 10.0 Å². The van der Waals surface area contributed by atoms with Crippen LogP contribution < -0.4 is 5.73 Å². The zero-order valence-corrected chi connectivity index (χ0v) is 14.3. The minimum absolute atomic E-state index is 0.252. The third-order valence-electron chi connectivity index (χ3n) is 3.02. The molecule has 3 rings (SSSR count). The zero-order valence-electron chi connectivity index (χ0n) is 10.6. The third kappa shape index (κ3) is 2.88. The highest BCUT2D eigenvalue weighted by atomic mass is 127. The van der Waals surface area contributed by atoms with Gasteiger partial charge >= 0.3 is 0 Å². The van der Waals surface area contributed by atoms with Gasteiger partial charge in [-0.25, -0.2) is 0 Å². The largest absolute Gasteiger partial charge is 0.367 e. The Kier molecular flexibility index (Phi) is 4.10. The van der Waals surface area contributed by atoms with Gasteiger partial charge in [0.25, 0.3) is 0 Å². The van der Waals surface area contributed by atoms with Crippen molar-refractivity contribution in [2.45, 2.75) is 0 Å². The van der Waals surface area contributed by atoms with Crippen molar-refractivity contribution in [2.75, 3.05) is 5.73 Å². The van der Waals surface area contributed by atoms with Crippen molar-refractivity contribution in [1.82, 2.24) is 5.16 Å². The van der Waals surface area contributed by atoms with Crippen molar-refractivity contribution in [3.8, 4) is 22.4 Å². The van der Waals surface area contributed by atoms with Crippen LogP contribution >= 0.6 is 45.8 Å². The fourth-order valence-electron chi connectivity index (χ4n) is 2.07. The Balaban J connectivity index is 2.19. The molecule has 0 saturated carbocycles. The van der Waals surface area contributed by atoms with Crippen molar-refractivity contribution in [3.63, 3.8) is 0 Å². The highest BCUT2D eigenvalue weighted by Crippen LogP contribution is 2.38. The fraction of sp³-hybridized carbons (Fsp3) is 0. The summed E-state index contributed by atoms with van der Waals surface area (Å²) >= 11 is 14.4. The average Bonchev–Trinajstić information content (AvgIpc) is 2.84. The van der Waals surface area contributed by atoms with E-state index in [4.69, 9.17) is 33.5 Å². The van der Waals surface area contributed by atoms with E-state index in [1.165, 1.54) is 0 Å². The molecule has 1 heterocycles. The number of anilines is 1. The molecule has 0 unspecified atom stereocenters. The summed E-state index contributed by atoms with van der Waals surface area (Å²) in [6, 6.07) is 13.1. The minimum Gasteiger partial charge on any atom is -0.367 e. The second-order valence-electron chi connectivity index (χ2n) is 4.41. The lowest BCUT2D eigenvalue weighted by Gasteiger charge is -2.04. The fourth-order valence-corrected chi connectivity index (χ4v) is 2.77. The minimum atomic E-state index is 0.252. The van der Waals surface area contributed by atoms with E-state index < -0.39 is 0 Å². The van der Waals surface area contributed by atoms with Gasteiger partial charge in [-0.15, -0.1) is 0 Å². The predicted octanol–water partition coefficient (Wildman–Crippen LogP) is 5.50. The Bertz CT molecular complexity index is 817. The highest BCUT2D eigenvalue weighted by Gasteiger charge is 2.18. The third-order valence-corrected chi connectivity index (χ3v) is 4.83. The maximum absolute atomic E-state index is 6.18. The summed E-state index contributed by atoms with van der Waals surface area (Å²) in [4.78, 5) is 0. The zero-order chi connectivity index (χ0) is 15.0. The van der Waals surface area contributed by atoms with E-state index in [0.29, 0.717) is 15.7 Å². The van der Waals surface area contributed by atoms with Gasteiger partial charge in [-0.2, -0.15) is 0 Å². The van der Waals surface area contributed by atoms with Crippen molar-refractivity contribution in [1.29, 1.82) is 0 Å². The summed E-state index contributed by atoms with van der Waals surface area (Å²) in [5.41, 5.74) is 8.98. The van der Waals surface area contributed by atoms with Crippen molar-refractivity contribution in [3.05, 3.63) is 56.1 Å². The van der Waals surface area contributed by atoms with Crippen molar-refractivity contribution >= 4 is 51.7 Å². The van der Waals surface area contributed by atoms with E-state index in [0.717, 1.165) is 20.3 Å². The first-order valence-corrected chi connectivity index (χ1v) is 7.86. The first kappa shape index (κ1) is 14.7. The Morgan fingerprint density at radius 1 is 1.05 bits per heavy atom. The first-order valence-electron chi connectivity index (χ1n) is 6.03. The number of benzene rings is 2. The monoisotopic (exact) mass is 430 g/mol. The average molecular weight is 431 g/mol. The molecule has 3 nitrogen and oxygen atoms in total. The van der Waals surface area contributed by atoms with Gasteiger partial charge in [0, 0.05) is 14.2 Å². The van der Waals surface area contributed by atoms with Gasteiger partial charge in [-0.1, -0.05) is 46.6 Å². The van der Waals surface area contributed by atoms with Crippen LogP contribution in [-0.2, 0) is 0 Å². The van der Waals surface area contributed by atoms with Crippen LogP contribution in [0.4, 0.5) is 5.88 Å². The Labute approximate surface area is 145 Å². The SMILES string of the molecule is Nc1onc(-c2ccc(I)c(Cl)c2)c1-c1cccc(Cl)c1. The van der Waals surface area contributed by atoms with Crippen LogP contribution in [0.25, 0.3) is 22.4 Å². The van der Waals surface area contributed by atoms with Crippen molar-refractivity contribution in [2.24, 2.45) is 0 Å². The van der Waals surface area contributed by atoms with Gasteiger partial charge in [-0.3, -0.25) is 0 Å². The molecule has 0 atom stereocenters. The molecule has 0 radical (unpaired) electrons. The van der Waals surface area contributed by atoms with E-state index >= 15 is 0 Å². The van der Waals surface area contributed by atoms with Crippen LogP contribution in [0, 0.1) is 3.57 Å². The summed E-state index contributed by atoms with van der Waals surface area (Å²) in [6.45, 7) is 0. The van der Waals surface area contributed by atoms with Crippen LogP contribution in [0.1, 0.15) is 0 Å². The van der Waals surface area contributed by atoms with Crippen LogP contribution in [0.15, 0.2) is 47.0 Å². The molecule has 2 N–H and O–H groups in total. The lowest BCUT2D eigenvalue weighted by atomic mass is 10.0. The van der Waals surface area contributed by atoms with E-state index in [-0.39, 0.29) is 5.88 Å². The van der Waals surface area contributed by atoms with E-state index in [2.05, 4.69) is 27.7 Å². The first-order chi connectivity index (χ1) is 10.1. The second-order valence-corrected chi connectivity index (χ2v) is 6.42. The summed E-state index contributed by atoms with van der Waals surface area (Å²) in [5, 5.41) is 5.34. The molecule has 0 aliphatic heterocycles. The van der Waals surface area contributed by atoms with Gasteiger partial charge in [0.15, 0.2) is 0 Å². The molecule has 2 aromatic carbocycles. The maximum atomic E-state index is 6.18. The molecule has 3 aromatic rings. The molecule has 106 valence electrons. The van der Waals surface area contributed by atoms with E-state index in [1.54, 1.807) is 6.07 Å². The normalized spacial score (nSPS) is 10.8. The molecule has 0 aliphatic carbocycles. The smallest absolute Gasteiger partial charge is 0.230 e. The standard InChI is InChI=1S/C15H9Cl2IN2O/c16-10-3-1-2-8(6-10)13-14(20-21-15(13)19)9-4-5-12(18)11(17)7-9/h1-7H,19H2. The molecule has 1 aromatic heterocycles. The van der Waals surface area contributed by atoms with E-state index in [9.17, 15) is 0 Å². The highest BCUT2D eigenvalue weighted by molar-refractivity contribution is 14.1. The number of hydrogen-bond acceptors (Lipinski definition) is 3. The lowest BCUT2D eigenvalue weighted by molar-refractivity contribution is 0.439. The van der Waals surface area contributed by atoms with Crippen molar-refractivity contribution < 1.29 is 4.52 Å². The number of halogens is 3. The van der Waals surface area contributed by atoms with Crippen LogP contribution in [0.3, 0.4) is 0 Å². The lowest BCUT2D eigenvalue weighted by Crippen LogP contribution is -1.88. The van der Waals surface area contributed by atoms with Gasteiger partial charge < -0.3 is 10.3 Å². The molecule has 0 amide bonds. The van der Waals surface area contributed by atoms with Gasteiger partial charge in [0.05, 0.1) is 10.6 Å². The number of nitrogens with two attached hydrogens (primary N) is 1. The van der Waals surface area contributed by atoms with E-state index in [1.807, 2.05) is 36.4 Å². The summed E-state index contributed by atoms with van der Waals surface area (Å²) in [7, 11) is 0. The molecular formula is C15H9Cl2IN2O. The molecule has 0 spiro atoms. The molecule has 21 heavy (non-hydrogen) atoms. The maximum Gasteiger partial charge on any atom is 0.230 e. The molecule has 0 fully saturated rings. The topological polar surface area (TPSA) is 52.0 Å². The number of rotatable bonds is 2. The second kappa shape index (κ2) is 5.87. The van der Waals surface area contributed by atoms with Gasteiger partial charge in [-0.05, 0) is 52.4 Å². The van der Waals surface area contributed by atoms with Gasteiger partial charge in [0.1, 0.15) is 5.69 Å². The number of aromatic nitrogens is 1. The summed E-state index contributed by atoms with van der Waals surface area (Å²) in [5.74, 6) is 0.252. The molecule has 0 saturated heterocycles. The number of nitrogens with zero attached hydrogens (tertiary/aromatic N) is 1. The molecule has 0 aliphatic rings. The number of nitrogen functional groups attached to an aromatic ring is 1. The Morgan fingerprint density at radius 2 is 1.86 bits per heavy atom. The molecule has 6 heteroatoms. The van der Waals surface area contributed by atoms with Crippen LogP contribution in [-0.4, -0.2) is 5.16 Å². The van der Waals surface area contributed by atoms with Crippen LogP contribution in [0.5, 0.6) is 0 Å². The Morgan fingerprint density at radius 3 is 2.57 bits per heavy atom. The predicted molar refractivity (Wildman–Crippen MR) is 94.5 cm³/mol. The quantitative estimate of drug-likeness (QED) is 0.546.